The third-order valence-electron chi connectivity index (χ3n) is 6.87. The van der Waals surface area contributed by atoms with Gasteiger partial charge in [-0.05, 0) is 61.9 Å². The lowest BCUT2D eigenvalue weighted by Crippen LogP contribution is -2.40. The lowest BCUT2D eigenvalue weighted by Gasteiger charge is -2.36. The Bertz CT molecular complexity index is 390. The van der Waals surface area contributed by atoms with E-state index in [0.717, 1.165) is 13.2 Å². The van der Waals surface area contributed by atoms with E-state index in [4.69, 9.17) is 8.85 Å². The summed E-state index contributed by atoms with van der Waals surface area (Å²) in [7, 11) is 1.07. The maximum absolute atomic E-state index is 6.26. The van der Waals surface area contributed by atoms with Crippen LogP contribution in [0.4, 0.5) is 0 Å². The molecule has 0 aromatic heterocycles. The minimum Gasteiger partial charge on any atom is -0.417 e. The van der Waals surface area contributed by atoms with Crippen LogP contribution in [0.3, 0.4) is 0 Å². The van der Waals surface area contributed by atoms with E-state index in [1.165, 1.54) is 62.9 Å². The van der Waals surface area contributed by atoms with Crippen molar-refractivity contribution in [2.45, 2.75) is 129 Å². The van der Waals surface area contributed by atoms with Crippen molar-refractivity contribution in [3.05, 3.63) is 0 Å². The van der Waals surface area contributed by atoms with Gasteiger partial charge in [-0.15, -0.1) is 0 Å². The molecule has 30 heavy (non-hydrogen) atoms. The summed E-state index contributed by atoms with van der Waals surface area (Å²) in [4.78, 5) is 0. The molecule has 0 amide bonds. The summed E-state index contributed by atoms with van der Waals surface area (Å²) >= 11 is 0. The molecule has 2 nitrogen and oxygen atoms in total. The predicted octanol–water partition coefficient (Wildman–Crippen LogP) is 9.53. The van der Waals surface area contributed by atoms with Crippen LogP contribution < -0.4 is 0 Å². The minimum absolute atomic E-state index is 0.333. The van der Waals surface area contributed by atoms with Crippen molar-refractivity contribution >= 4 is 38.2 Å². The van der Waals surface area contributed by atoms with Crippen LogP contribution in [0.5, 0.6) is 0 Å². The normalized spacial score (nSPS) is 13.8. The lowest BCUT2D eigenvalue weighted by molar-refractivity contribution is 0.277. The van der Waals surface area contributed by atoms with E-state index in [2.05, 4.69) is 89.3 Å². The highest BCUT2D eigenvalue weighted by atomic mass is 33.1. The van der Waals surface area contributed by atoms with Gasteiger partial charge in [-0.3, -0.25) is 0 Å². The monoisotopic (exact) mass is 494 g/mol. The number of hydrogen-bond acceptors (Lipinski definition) is 4. The molecule has 0 fully saturated rings. The molecule has 0 aliphatic rings. The molecular weight excluding hydrogens is 441 g/mol. The first-order chi connectivity index (χ1) is 13.7. The van der Waals surface area contributed by atoms with E-state index >= 15 is 0 Å². The van der Waals surface area contributed by atoms with E-state index in [0.29, 0.717) is 10.1 Å². The smallest absolute Gasteiger partial charge is 0.191 e. The van der Waals surface area contributed by atoms with Crippen LogP contribution >= 0.6 is 21.6 Å². The van der Waals surface area contributed by atoms with E-state index in [-0.39, 0.29) is 0 Å². The summed E-state index contributed by atoms with van der Waals surface area (Å²) < 4.78 is 12.5. The van der Waals surface area contributed by atoms with Gasteiger partial charge >= 0.3 is 0 Å². The molecule has 0 bridgehead atoms. The van der Waals surface area contributed by atoms with Crippen LogP contribution in [-0.2, 0) is 8.85 Å². The molecule has 0 saturated carbocycles. The molecule has 0 rings (SSSR count). The zero-order valence-electron chi connectivity index (χ0n) is 22.1. The second-order valence-electron chi connectivity index (χ2n) is 11.7. The first-order valence-corrected chi connectivity index (χ1v) is 20.5. The summed E-state index contributed by atoms with van der Waals surface area (Å²) in [5.74, 6) is 2.60. The van der Waals surface area contributed by atoms with Gasteiger partial charge in [0.2, 0.25) is 0 Å². The van der Waals surface area contributed by atoms with Crippen LogP contribution in [0.1, 0.15) is 92.9 Å². The summed E-state index contributed by atoms with van der Waals surface area (Å²) in [6.07, 6.45) is 10.5. The van der Waals surface area contributed by atoms with Crippen LogP contribution in [0.2, 0.25) is 36.3 Å². The van der Waals surface area contributed by atoms with Gasteiger partial charge in [-0.1, -0.05) is 88.8 Å². The zero-order chi connectivity index (χ0) is 23.3. The number of rotatable bonds is 17. The van der Waals surface area contributed by atoms with Gasteiger partial charge in [-0.2, -0.15) is 0 Å². The molecule has 0 radical (unpaired) electrons. The largest absolute Gasteiger partial charge is 0.417 e. The Balaban J connectivity index is 3.38. The standard InChI is InChI=1S/C24H54O2S2Si2/c1-23(2,3)29(7,8)25-19-15-11-13-17-21-27-28-22-18-14-12-16-20-26-30(9,10)24(4,5)6/h11-22H2,1-10H3. The van der Waals surface area contributed by atoms with Crippen molar-refractivity contribution in [1.82, 2.24) is 0 Å². The quantitative estimate of drug-likeness (QED) is 0.114. The van der Waals surface area contributed by atoms with Crippen LogP contribution in [0.15, 0.2) is 0 Å². The van der Waals surface area contributed by atoms with Gasteiger partial charge in [0.15, 0.2) is 16.6 Å². The van der Waals surface area contributed by atoms with Crippen LogP contribution in [-0.4, -0.2) is 41.4 Å². The number of unbranched alkanes of at least 4 members (excludes halogenated alkanes) is 6. The molecule has 0 aromatic carbocycles. The van der Waals surface area contributed by atoms with E-state index < -0.39 is 16.6 Å². The zero-order valence-corrected chi connectivity index (χ0v) is 25.8. The van der Waals surface area contributed by atoms with E-state index in [1.54, 1.807) is 0 Å². The molecule has 0 atom stereocenters. The molecule has 0 aliphatic carbocycles. The third-order valence-corrected chi connectivity index (χ3v) is 18.5. The van der Waals surface area contributed by atoms with Gasteiger partial charge in [-0.25, -0.2) is 0 Å². The average molecular weight is 495 g/mol. The topological polar surface area (TPSA) is 18.5 Å². The van der Waals surface area contributed by atoms with Gasteiger partial charge in [0.05, 0.1) is 0 Å². The molecule has 0 unspecified atom stereocenters. The Hall–Kier alpha value is 1.05. The average Bonchev–Trinajstić information content (AvgIpc) is 2.59. The van der Waals surface area contributed by atoms with Gasteiger partial charge < -0.3 is 8.85 Å². The van der Waals surface area contributed by atoms with Crippen molar-refractivity contribution in [3.8, 4) is 0 Å². The van der Waals surface area contributed by atoms with E-state index in [1.807, 2.05) is 0 Å². The molecule has 0 saturated heterocycles. The fourth-order valence-electron chi connectivity index (χ4n) is 2.44. The highest BCUT2D eigenvalue weighted by Gasteiger charge is 2.37. The first-order valence-electron chi connectivity index (χ1n) is 12.2. The molecule has 0 aromatic rings. The molecular formula is C24H54O2S2Si2. The second kappa shape index (κ2) is 15.1. The van der Waals surface area contributed by atoms with E-state index in [9.17, 15) is 0 Å². The summed E-state index contributed by atoms with van der Waals surface area (Å²) in [5, 5.41) is 0.665. The highest BCUT2D eigenvalue weighted by molar-refractivity contribution is 8.76. The summed E-state index contributed by atoms with van der Waals surface area (Å²) in [6, 6.07) is 0. The van der Waals surface area contributed by atoms with Crippen LogP contribution in [0.25, 0.3) is 0 Å². The summed E-state index contributed by atoms with van der Waals surface area (Å²) in [6.45, 7) is 25.2. The van der Waals surface area contributed by atoms with Gasteiger partial charge in [0.25, 0.3) is 0 Å². The predicted molar refractivity (Wildman–Crippen MR) is 148 cm³/mol. The molecule has 182 valence electrons. The Morgan fingerprint density at radius 3 is 1.10 bits per heavy atom. The first kappa shape index (κ1) is 31.1. The molecule has 0 N–H and O–H groups in total. The molecule has 0 spiro atoms. The van der Waals surface area contributed by atoms with Crippen molar-refractivity contribution in [1.29, 1.82) is 0 Å². The second-order valence-corrected chi connectivity index (χ2v) is 24.0. The maximum atomic E-state index is 6.26. The Labute approximate surface area is 200 Å². The minimum atomic E-state index is -1.54. The summed E-state index contributed by atoms with van der Waals surface area (Å²) in [5.41, 5.74) is 0. The van der Waals surface area contributed by atoms with Crippen molar-refractivity contribution in [2.75, 3.05) is 24.7 Å². The van der Waals surface area contributed by atoms with Crippen LogP contribution in [0, 0.1) is 0 Å². The van der Waals surface area contributed by atoms with Crippen molar-refractivity contribution < 1.29 is 8.85 Å². The Morgan fingerprint density at radius 1 is 0.500 bits per heavy atom. The fourth-order valence-corrected chi connectivity index (χ4v) is 6.91. The number of hydrogen-bond donors (Lipinski definition) is 0. The SMILES string of the molecule is CC(C)(C)[Si](C)(C)OCCCCCCSSCCCCCCO[Si](C)(C)C(C)(C)C. The third kappa shape index (κ3) is 14.3. The lowest BCUT2D eigenvalue weighted by atomic mass is 10.2. The van der Waals surface area contributed by atoms with Crippen molar-refractivity contribution in [2.24, 2.45) is 0 Å². The Morgan fingerprint density at radius 2 is 0.800 bits per heavy atom. The maximum Gasteiger partial charge on any atom is 0.191 e. The van der Waals surface area contributed by atoms with Gasteiger partial charge in [0.1, 0.15) is 0 Å². The van der Waals surface area contributed by atoms with Crippen molar-refractivity contribution in [3.63, 3.8) is 0 Å². The fraction of sp³-hybridized carbons (Fsp3) is 1.00. The molecule has 6 heteroatoms. The molecule has 0 heterocycles. The molecule has 0 aliphatic heterocycles. The Kier molecular flexibility index (Phi) is 15.6. The van der Waals surface area contributed by atoms with Gasteiger partial charge in [0, 0.05) is 24.7 Å². The highest BCUT2D eigenvalue weighted by Crippen LogP contribution is 2.37.